The Morgan fingerprint density at radius 1 is 1.14 bits per heavy atom. The molecule has 1 aliphatic rings. The van der Waals surface area contributed by atoms with Gasteiger partial charge in [-0.2, -0.15) is 4.98 Å². The van der Waals surface area contributed by atoms with Crippen LogP contribution in [0, 0.1) is 0 Å². The summed E-state index contributed by atoms with van der Waals surface area (Å²) >= 11 is 0. The Labute approximate surface area is 205 Å². The van der Waals surface area contributed by atoms with Gasteiger partial charge in [-0.3, -0.25) is 4.79 Å². The average molecular weight is 476 g/mol. The van der Waals surface area contributed by atoms with Crippen LogP contribution in [0.1, 0.15) is 32.4 Å². The molecule has 5 rings (SSSR count). The molecule has 184 valence electrons. The topological polar surface area (TPSA) is 82.7 Å². The fourth-order valence-corrected chi connectivity index (χ4v) is 4.86. The number of rotatable bonds is 5. The average Bonchev–Trinajstić information content (AvgIpc) is 3.38. The van der Waals surface area contributed by atoms with Gasteiger partial charge >= 0.3 is 0 Å². The fourth-order valence-electron chi connectivity index (χ4n) is 4.86. The number of fused-ring (bicyclic) bond motifs is 2. The molecule has 1 amide bonds. The number of aromatic nitrogens is 4. The van der Waals surface area contributed by atoms with Crippen molar-refractivity contribution in [1.82, 2.24) is 24.0 Å². The van der Waals surface area contributed by atoms with E-state index in [2.05, 4.69) is 51.9 Å². The van der Waals surface area contributed by atoms with E-state index in [0.717, 1.165) is 11.2 Å². The zero-order chi connectivity index (χ0) is 24.9. The summed E-state index contributed by atoms with van der Waals surface area (Å²) in [5.74, 6) is 1.60. The lowest BCUT2D eigenvalue weighted by Gasteiger charge is -2.34. The van der Waals surface area contributed by atoms with E-state index in [0.29, 0.717) is 44.2 Å². The number of amides is 1. The largest absolute Gasteiger partial charge is 0.493 e. The van der Waals surface area contributed by atoms with Crippen molar-refractivity contribution in [3.8, 4) is 5.88 Å². The maximum atomic E-state index is 11.8. The van der Waals surface area contributed by atoms with E-state index in [-0.39, 0.29) is 17.8 Å². The molecular formula is C26H33N7O2. The molecule has 0 saturated carbocycles. The van der Waals surface area contributed by atoms with E-state index in [1.807, 2.05) is 36.6 Å². The highest BCUT2D eigenvalue weighted by atomic mass is 16.3. The van der Waals surface area contributed by atoms with Crippen LogP contribution >= 0.6 is 0 Å². The highest BCUT2D eigenvalue weighted by molar-refractivity contribution is 5.94. The van der Waals surface area contributed by atoms with Gasteiger partial charge in [0.15, 0.2) is 0 Å². The van der Waals surface area contributed by atoms with Gasteiger partial charge in [0.25, 0.3) is 0 Å². The molecule has 9 nitrogen and oxygen atoms in total. The summed E-state index contributed by atoms with van der Waals surface area (Å²) in [6.07, 6.45) is 4.01. The van der Waals surface area contributed by atoms with Gasteiger partial charge in [0.1, 0.15) is 11.3 Å². The van der Waals surface area contributed by atoms with Gasteiger partial charge in [-0.05, 0) is 36.9 Å². The third kappa shape index (κ3) is 4.15. The van der Waals surface area contributed by atoms with Crippen LogP contribution in [0.4, 0.5) is 11.8 Å². The smallest absolute Gasteiger partial charge is 0.228 e. The molecule has 0 unspecified atom stereocenters. The summed E-state index contributed by atoms with van der Waals surface area (Å²) in [6, 6.07) is 8.71. The van der Waals surface area contributed by atoms with Gasteiger partial charge in [0, 0.05) is 77.7 Å². The van der Waals surface area contributed by atoms with Crippen LogP contribution in [-0.4, -0.2) is 68.2 Å². The number of hydrogen-bond donors (Lipinski definition) is 1. The SMILES string of the molecule is CC(=O)N1CCN(c2nc(N(C)Cc3ccc4ccn(C)c4c3)c3cn(C(C)C)c(O)c3n2)CC1. The highest BCUT2D eigenvalue weighted by Crippen LogP contribution is 2.36. The second kappa shape index (κ2) is 8.79. The molecule has 0 atom stereocenters. The number of anilines is 2. The molecule has 9 heteroatoms. The lowest BCUT2D eigenvalue weighted by Crippen LogP contribution is -2.48. The van der Waals surface area contributed by atoms with Crippen LogP contribution in [0.5, 0.6) is 5.88 Å². The highest BCUT2D eigenvalue weighted by Gasteiger charge is 2.25. The van der Waals surface area contributed by atoms with E-state index >= 15 is 0 Å². The Kier molecular flexibility index (Phi) is 5.78. The first-order valence-corrected chi connectivity index (χ1v) is 12.1. The van der Waals surface area contributed by atoms with Crippen molar-refractivity contribution in [3.05, 3.63) is 42.2 Å². The summed E-state index contributed by atoms with van der Waals surface area (Å²) < 4.78 is 3.96. The van der Waals surface area contributed by atoms with Gasteiger partial charge in [-0.1, -0.05) is 12.1 Å². The molecule has 1 aliphatic heterocycles. The minimum atomic E-state index is 0.0864. The number of nitrogens with zero attached hydrogens (tertiary/aromatic N) is 7. The zero-order valence-corrected chi connectivity index (χ0v) is 21.1. The molecule has 0 bridgehead atoms. The van der Waals surface area contributed by atoms with Crippen molar-refractivity contribution in [2.24, 2.45) is 7.05 Å². The van der Waals surface area contributed by atoms with Gasteiger partial charge in [-0.25, -0.2) is 4.98 Å². The monoisotopic (exact) mass is 475 g/mol. The molecular weight excluding hydrogens is 442 g/mol. The van der Waals surface area contributed by atoms with Crippen molar-refractivity contribution < 1.29 is 9.90 Å². The van der Waals surface area contributed by atoms with Crippen LogP contribution in [-0.2, 0) is 18.4 Å². The van der Waals surface area contributed by atoms with Gasteiger partial charge in [0.05, 0.1) is 5.39 Å². The fraction of sp³-hybridized carbons (Fsp3) is 0.423. The van der Waals surface area contributed by atoms with Gasteiger partial charge < -0.3 is 28.9 Å². The first-order valence-electron chi connectivity index (χ1n) is 12.1. The zero-order valence-electron chi connectivity index (χ0n) is 21.1. The lowest BCUT2D eigenvalue weighted by molar-refractivity contribution is -0.129. The third-order valence-corrected chi connectivity index (χ3v) is 6.94. The predicted octanol–water partition coefficient (Wildman–Crippen LogP) is 3.51. The standard InChI is InChI=1S/C26H33N7O2/c1-17(2)33-16-21-23(25(33)35)27-26(32-12-10-31(11-13-32)18(3)34)28-24(21)30(5)15-19-6-7-20-8-9-29(4)22(20)14-19/h6-9,14,16-17,35H,10-13,15H2,1-5H3. The Morgan fingerprint density at radius 2 is 1.89 bits per heavy atom. The second-order valence-electron chi connectivity index (χ2n) is 9.73. The Balaban J connectivity index is 1.53. The maximum Gasteiger partial charge on any atom is 0.228 e. The lowest BCUT2D eigenvalue weighted by atomic mass is 10.1. The Hall–Kier alpha value is -3.75. The van der Waals surface area contributed by atoms with Crippen LogP contribution in [0.25, 0.3) is 21.8 Å². The number of carbonyl (C=O) groups is 1. The molecule has 0 aliphatic carbocycles. The van der Waals surface area contributed by atoms with E-state index in [1.165, 1.54) is 16.5 Å². The molecule has 1 saturated heterocycles. The molecule has 4 heterocycles. The van der Waals surface area contributed by atoms with Crippen molar-refractivity contribution >= 4 is 39.5 Å². The minimum absolute atomic E-state index is 0.0864. The predicted molar refractivity (Wildman–Crippen MR) is 139 cm³/mol. The maximum absolute atomic E-state index is 11.8. The number of aromatic hydroxyl groups is 1. The molecule has 35 heavy (non-hydrogen) atoms. The van der Waals surface area contributed by atoms with Crippen molar-refractivity contribution in [2.45, 2.75) is 33.4 Å². The van der Waals surface area contributed by atoms with Crippen LogP contribution in [0.15, 0.2) is 36.7 Å². The minimum Gasteiger partial charge on any atom is -0.493 e. The van der Waals surface area contributed by atoms with Crippen LogP contribution in [0.2, 0.25) is 0 Å². The van der Waals surface area contributed by atoms with Crippen LogP contribution in [0.3, 0.4) is 0 Å². The summed E-state index contributed by atoms with van der Waals surface area (Å²) in [5, 5.41) is 13.0. The normalized spacial score (nSPS) is 14.5. The Bertz CT molecular complexity index is 1400. The second-order valence-corrected chi connectivity index (χ2v) is 9.73. The molecule has 0 radical (unpaired) electrons. The van der Waals surface area contributed by atoms with Gasteiger partial charge in [0.2, 0.25) is 17.7 Å². The van der Waals surface area contributed by atoms with Crippen LogP contribution < -0.4 is 9.80 Å². The van der Waals surface area contributed by atoms with E-state index in [1.54, 1.807) is 6.92 Å². The molecule has 3 aromatic heterocycles. The summed E-state index contributed by atoms with van der Waals surface area (Å²) in [5.41, 5.74) is 2.92. The molecule has 1 N–H and O–H groups in total. The number of carbonyl (C=O) groups excluding carboxylic acids is 1. The summed E-state index contributed by atoms with van der Waals surface area (Å²) in [4.78, 5) is 27.6. The first kappa shape index (κ1) is 23.0. The van der Waals surface area contributed by atoms with Crippen molar-refractivity contribution in [1.29, 1.82) is 0 Å². The van der Waals surface area contributed by atoms with E-state index in [9.17, 15) is 9.90 Å². The number of aryl methyl sites for hydroxylation is 1. The van der Waals surface area contributed by atoms with E-state index in [4.69, 9.17) is 9.97 Å². The number of benzene rings is 1. The molecule has 0 spiro atoms. The van der Waals surface area contributed by atoms with Gasteiger partial charge in [-0.15, -0.1) is 0 Å². The third-order valence-electron chi connectivity index (χ3n) is 6.94. The molecule has 1 fully saturated rings. The Morgan fingerprint density at radius 3 is 2.57 bits per heavy atom. The summed E-state index contributed by atoms with van der Waals surface area (Å²) in [7, 11) is 4.08. The van der Waals surface area contributed by atoms with Crippen molar-refractivity contribution in [3.63, 3.8) is 0 Å². The number of hydrogen-bond acceptors (Lipinski definition) is 6. The first-order chi connectivity index (χ1) is 16.7. The van der Waals surface area contributed by atoms with E-state index < -0.39 is 0 Å². The number of piperazine rings is 1. The quantitative estimate of drug-likeness (QED) is 0.476. The molecule has 1 aromatic carbocycles. The summed E-state index contributed by atoms with van der Waals surface area (Å²) in [6.45, 7) is 8.92. The van der Waals surface area contributed by atoms with Crippen molar-refractivity contribution in [2.75, 3.05) is 43.0 Å². The molecule has 4 aromatic rings.